The zero-order valence-electron chi connectivity index (χ0n) is 25.4. The van der Waals surface area contributed by atoms with E-state index in [4.69, 9.17) is 0 Å². The van der Waals surface area contributed by atoms with Gasteiger partial charge in [0.2, 0.25) is 21.8 Å². The molecule has 3 aromatic rings. The first-order chi connectivity index (χ1) is 20.3. The molecule has 0 heterocycles. The number of hydrogen-bond acceptors (Lipinski definition) is 4. The Morgan fingerprint density at radius 2 is 1.56 bits per heavy atom. The van der Waals surface area contributed by atoms with Crippen LogP contribution >= 0.6 is 15.9 Å². The Bertz CT molecular complexity index is 1500. The molecule has 2 amide bonds. The van der Waals surface area contributed by atoms with E-state index in [1.165, 1.54) is 0 Å². The molecule has 7 nitrogen and oxygen atoms in total. The highest BCUT2D eigenvalue weighted by atomic mass is 79.9. The minimum Gasteiger partial charge on any atom is -0.352 e. The van der Waals surface area contributed by atoms with Gasteiger partial charge in [0.05, 0.1) is 11.9 Å². The number of sulfonamides is 1. The molecule has 1 N–H and O–H groups in total. The van der Waals surface area contributed by atoms with E-state index in [0.717, 1.165) is 57.4 Å². The second kappa shape index (κ2) is 14.1. The number of hydrogen-bond donors (Lipinski definition) is 1. The van der Waals surface area contributed by atoms with Gasteiger partial charge in [-0.1, -0.05) is 104 Å². The average Bonchev–Trinajstić information content (AvgIpc) is 3.46. The standard InChI is InChI=1S/C34H42BrN3O4S/c1-34(2,3)27-17-19-30(20-18-27)38(43(4,41)42)24-32(39)37(23-26-13-10-14-28(35)21-26)31(22-25-11-6-5-7-12-25)33(40)36-29-15-8-9-16-29/h5-7,10-14,17-21,29,31H,8-9,15-16,22-24H2,1-4H3,(H,36,40)/t31-/m0/s1. The van der Waals surface area contributed by atoms with Crippen molar-refractivity contribution in [3.05, 3.63) is 100 Å². The Labute approximate surface area is 264 Å². The molecule has 43 heavy (non-hydrogen) atoms. The molecule has 0 bridgehead atoms. The normalized spacial score (nSPS) is 14.7. The maximum atomic E-state index is 14.3. The van der Waals surface area contributed by atoms with Crippen LogP contribution in [0.1, 0.15) is 63.1 Å². The number of nitrogens with one attached hydrogen (secondary N) is 1. The number of halogens is 1. The first-order valence-electron chi connectivity index (χ1n) is 14.8. The summed E-state index contributed by atoms with van der Waals surface area (Å²) in [4.78, 5) is 29.8. The lowest BCUT2D eigenvalue weighted by molar-refractivity contribution is -0.140. The summed E-state index contributed by atoms with van der Waals surface area (Å²) in [6.07, 6.45) is 5.35. The Kier molecular flexibility index (Phi) is 10.7. The molecule has 1 aliphatic rings. The molecule has 0 unspecified atom stereocenters. The molecular weight excluding hydrogens is 626 g/mol. The zero-order chi connectivity index (χ0) is 31.2. The van der Waals surface area contributed by atoms with Crippen molar-refractivity contribution in [3.8, 4) is 0 Å². The van der Waals surface area contributed by atoms with E-state index in [1.807, 2.05) is 66.7 Å². The molecule has 9 heteroatoms. The fourth-order valence-electron chi connectivity index (χ4n) is 5.49. The molecular formula is C34H42BrN3O4S. The van der Waals surface area contributed by atoms with Crippen LogP contribution in [0.5, 0.6) is 0 Å². The number of benzene rings is 3. The summed E-state index contributed by atoms with van der Waals surface area (Å²) in [5, 5.41) is 3.19. The summed E-state index contributed by atoms with van der Waals surface area (Å²) in [7, 11) is -3.82. The monoisotopic (exact) mass is 667 g/mol. The Balaban J connectivity index is 1.72. The lowest BCUT2D eigenvalue weighted by atomic mass is 9.87. The van der Waals surface area contributed by atoms with Gasteiger partial charge in [0.25, 0.3) is 0 Å². The van der Waals surface area contributed by atoms with E-state index in [2.05, 4.69) is 42.0 Å². The van der Waals surface area contributed by atoms with Crippen molar-refractivity contribution < 1.29 is 18.0 Å². The molecule has 1 saturated carbocycles. The van der Waals surface area contributed by atoms with Gasteiger partial charge in [-0.15, -0.1) is 0 Å². The van der Waals surface area contributed by atoms with Crippen LogP contribution in [0.15, 0.2) is 83.3 Å². The summed E-state index contributed by atoms with van der Waals surface area (Å²) >= 11 is 3.51. The zero-order valence-corrected chi connectivity index (χ0v) is 27.8. The highest BCUT2D eigenvalue weighted by Gasteiger charge is 2.34. The summed E-state index contributed by atoms with van der Waals surface area (Å²) in [6.45, 7) is 5.98. The van der Waals surface area contributed by atoms with Crippen LogP contribution in [0.2, 0.25) is 0 Å². The van der Waals surface area contributed by atoms with Gasteiger partial charge >= 0.3 is 0 Å². The second-order valence-corrected chi connectivity index (χ2v) is 15.2. The van der Waals surface area contributed by atoms with E-state index in [0.29, 0.717) is 12.1 Å². The summed E-state index contributed by atoms with van der Waals surface area (Å²) < 4.78 is 28.1. The van der Waals surface area contributed by atoms with Crippen LogP contribution in [-0.4, -0.2) is 50.0 Å². The number of anilines is 1. The first kappa shape index (κ1) is 32.7. The van der Waals surface area contributed by atoms with E-state index in [-0.39, 0.29) is 23.9 Å². The molecule has 1 atom stereocenters. The SMILES string of the molecule is CC(C)(C)c1ccc(N(CC(=O)N(Cc2cccc(Br)c2)[C@@H](Cc2ccccc2)C(=O)NC2CCCC2)S(C)(=O)=O)cc1. The molecule has 230 valence electrons. The molecule has 3 aromatic carbocycles. The molecule has 4 rings (SSSR count). The highest BCUT2D eigenvalue weighted by molar-refractivity contribution is 9.10. The van der Waals surface area contributed by atoms with Crippen molar-refractivity contribution in [2.45, 2.75) is 76.9 Å². The summed E-state index contributed by atoms with van der Waals surface area (Å²) in [6, 6.07) is 23.7. The van der Waals surface area contributed by atoms with Gasteiger partial charge in [0.15, 0.2) is 0 Å². The molecule has 1 fully saturated rings. The lowest BCUT2D eigenvalue weighted by Gasteiger charge is -2.34. The minimum atomic E-state index is -3.82. The molecule has 0 saturated heterocycles. The van der Waals surface area contributed by atoms with Gasteiger partial charge in [-0.2, -0.15) is 0 Å². The van der Waals surface area contributed by atoms with E-state index >= 15 is 0 Å². The van der Waals surface area contributed by atoms with Gasteiger partial charge in [0.1, 0.15) is 12.6 Å². The largest absolute Gasteiger partial charge is 0.352 e. The molecule has 1 aliphatic carbocycles. The van der Waals surface area contributed by atoms with E-state index in [1.54, 1.807) is 17.0 Å². The van der Waals surface area contributed by atoms with Gasteiger partial charge in [-0.25, -0.2) is 8.42 Å². The van der Waals surface area contributed by atoms with Gasteiger partial charge in [-0.05, 0) is 59.2 Å². The lowest BCUT2D eigenvalue weighted by Crippen LogP contribution is -2.54. The number of rotatable bonds is 11. The van der Waals surface area contributed by atoms with E-state index < -0.39 is 28.5 Å². The first-order valence-corrected chi connectivity index (χ1v) is 17.4. The Hall–Kier alpha value is -3.17. The molecule has 0 aromatic heterocycles. The van der Waals surface area contributed by atoms with Gasteiger partial charge in [0, 0.05) is 23.5 Å². The van der Waals surface area contributed by atoms with Crippen LogP contribution in [0.3, 0.4) is 0 Å². The van der Waals surface area contributed by atoms with Crippen LogP contribution in [-0.2, 0) is 38.0 Å². The maximum Gasteiger partial charge on any atom is 0.244 e. The summed E-state index contributed by atoms with van der Waals surface area (Å²) in [5.74, 6) is -0.674. The predicted octanol–water partition coefficient (Wildman–Crippen LogP) is 6.21. The Morgan fingerprint density at radius 1 is 0.930 bits per heavy atom. The fraction of sp³-hybridized carbons (Fsp3) is 0.412. The third-order valence-corrected chi connectivity index (χ3v) is 9.55. The number of carbonyl (C=O) groups excluding carboxylic acids is 2. The van der Waals surface area contributed by atoms with Crippen molar-refractivity contribution in [1.82, 2.24) is 10.2 Å². The third kappa shape index (κ3) is 9.16. The fourth-order valence-corrected chi connectivity index (χ4v) is 6.79. The maximum absolute atomic E-state index is 14.3. The smallest absolute Gasteiger partial charge is 0.244 e. The second-order valence-electron chi connectivity index (χ2n) is 12.4. The predicted molar refractivity (Wildman–Crippen MR) is 176 cm³/mol. The van der Waals surface area contributed by atoms with Crippen molar-refractivity contribution in [3.63, 3.8) is 0 Å². The molecule has 0 aliphatic heterocycles. The summed E-state index contributed by atoms with van der Waals surface area (Å²) in [5.41, 5.74) is 3.09. The number of amides is 2. The van der Waals surface area contributed by atoms with Crippen molar-refractivity contribution in [2.24, 2.45) is 0 Å². The number of carbonyl (C=O) groups is 2. The highest BCUT2D eigenvalue weighted by Crippen LogP contribution is 2.27. The van der Waals surface area contributed by atoms with Crippen molar-refractivity contribution in [2.75, 3.05) is 17.1 Å². The van der Waals surface area contributed by atoms with Crippen molar-refractivity contribution in [1.29, 1.82) is 0 Å². The molecule has 0 spiro atoms. The van der Waals surface area contributed by atoms with Crippen LogP contribution < -0.4 is 9.62 Å². The Morgan fingerprint density at radius 3 is 2.14 bits per heavy atom. The average molecular weight is 669 g/mol. The number of nitrogens with zero attached hydrogens (tertiary/aromatic N) is 2. The molecule has 0 radical (unpaired) electrons. The quantitative estimate of drug-likeness (QED) is 0.263. The van der Waals surface area contributed by atoms with Crippen LogP contribution in [0, 0.1) is 0 Å². The van der Waals surface area contributed by atoms with Gasteiger partial charge in [-0.3, -0.25) is 13.9 Å². The van der Waals surface area contributed by atoms with Crippen molar-refractivity contribution >= 4 is 43.5 Å². The van der Waals surface area contributed by atoms with E-state index in [9.17, 15) is 18.0 Å². The topological polar surface area (TPSA) is 86.8 Å². The third-order valence-electron chi connectivity index (χ3n) is 7.92. The minimum absolute atomic E-state index is 0.0717. The van der Waals surface area contributed by atoms with Crippen LogP contribution in [0.4, 0.5) is 5.69 Å². The van der Waals surface area contributed by atoms with Crippen LogP contribution in [0.25, 0.3) is 0 Å². The van der Waals surface area contributed by atoms with Gasteiger partial charge < -0.3 is 10.2 Å².